The first kappa shape index (κ1) is 20.1. The third-order valence-electron chi connectivity index (χ3n) is 4.22. The number of hydrogen-bond acceptors (Lipinski definition) is 6. The van der Waals surface area contributed by atoms with Crippen LogP contribution in [0.3, 0.4) is 0 Å². The van der Waals surface area contributed by atoms with Crippen LogP contribution in [-0.4, -0.2) is 34.2 Å². The van der Waals surface area contributed by atoms with Gasteiger partial charge in [0.15, 0.2) is 0 Å². The molecule has 0 bridgehead atoms. The number of carbonyl (C=O) groups is 1. The lowest BCUT2D eigenvalue weighted by molar-refractivity contribution is -0.111. The van der Waals surface area contributed by atoms with Gasteiger partial charge in [-0.1, -0.05) is 36.3 Å². The van der Waals surface area contributed by atoms with Gasteiger partial charge >= 0.3 is 0 Å². The summed E-state index contributed by atoms with van der Waals surface area (Å²) in [6, 6.07) is 12.8. The van der Waals surface area contributed by atoms with E-state index in [1.165, 1.54) is 6.33 Å². The Kier molecular flexibility index (Phi) is 6.61. The number of carbonyl (C=O) groups excluding carboxylic acids is 1. The lowest BCUT2D eigenvalue weighted by Crippen LogP contribution is -2.16. The average molecular weight is 390 g/mol. The fourth-order valence-electron chi connectivity index (χ4n) is 2.92. The highest BCUT2D eigenvalue weighted by molar-refractivity contribution is 6.06. The van der Waals surface area contributed by atoms with Crippen LogP contribution in [0.1, 0.15) is 25.5 Å². The van der Waals surface area contributed by atoms with Crippen molar-refractivity contribution in [1.29, 1.82) is 0 Å². The summed E-state index contributed by atoms with van der Waals surface area (Å²) in [7, 11) is 0. The number of amides is 1. The van der Waals surface area contributed by atoms with Crippen molar-refractivity contribution in [2.45, 2.75) is 19.9 Å². The molecule has 0 spiro atoms. The minimum absolute atomic E-state index is 0.109. The summed E-state index contributed by atoms with van der Waals surface area (Å²) in [5.74, 6) is 5.63. The van der Waals surface area contributed by atoms with E-state index in [9.17, 15) is 9.90 Å². The zero-order valence-corrected chi connectivity index (χ0v) is 16.3. The van der Waals surface area contributed by atoms with Gasteiger partial charge in [0, 0.05) is 11.5 Å². The molecule has 3 rings (SSSR count). The normalized spacial score (nSPS) is 11.3. The molecule has 0 fully saturated rings. The van der Waals surface area contributed by atoms with Crippen LogP contribution in [0.5, 0.6) is 5.75 Å². The summed E-state index contributed by atoms with van der Waals surface area (Å²) < 4.78 is 5.65. The number of nitrogens with one attached hydrogen (secondary N) is 2. The van der Waals surface area contributed by atoms with E-state index in [-0.39, 0.29) is 12.6 Å². The minimum Gasteiger partial charge on any atom is -0.492 e. The second-order valence-corrected chi connectivity index (χ2v) is 6.14. The Balaban J connectivity index is 2.03. The van der Waals surface area contributed by atoms with Gasteiger partial charge in [-0.2, -0.15) is 0 Å². The van der Waals surface area contributed by atoms with E-state index in [2.05, 4.69) is 32.4 Å². The molecule has 148 valence electrons. The molecule has 0 saturated heterocycles. The lowest BCUT2D eigenvalue weighted by atomic mass is 10.1. The number of fused-ring (bicyclic) bond motifs is 1. The van der Waals surface area contributed by atoms with Crippen molar-refractivity contribution in [3.05, 3.63) is 54.4 Å². The molecule has 1 aromatic heterocycles. The standard InChI is InChI=1S/C22H22N4O3/c1-3-8-21(28)25-18-11-16-17(12-20(18)29-4-2)23-14-24-22(16)26-19(13-27)15-9-6-5-7-10-15/h5-7,9-12,14,19,27H,4,13H2,1-2H3,(H,25,28)(H,23,24,26)/t19-/m1/s1. The molecule has 7 nitrogen and oxygen atoms in total. The summed E-state index contributed by atoms with van der Waals surface area (Å²) in [5, 5.41) is 16.6. The van der Waals surface area contributed by atoms with Crippen LogP contribution < -0.4 is 15.4 Å². The quantitative estimate of drug-likeness (QED) is 0.537. The molecule has 2 aromatic carbocycles. The van der Waals surface area contributed by atoms with Gasteiger partial charge in [0.25, 0.3) is 5.91 Å². The van der Waals surface area contributed by atoms with Crippen LogP contribution in [0.2, 0.25) is 0 Å². The Morgan fingerprint density at radius 2 is 2.03 bits per heavy atom. The van der Waals surface area contributed by atoms with Gasteiger partial charge in [0.05, 0.1) is 30.5 Å². The Hall–Kier alpha value is -3.63. The van der Waals surface area contributed by atoms with Gasteiger partial charge in [-0.3, -0.25) is 4.79 Å². The van der Waals surface area contributed by atoms with Crippen molar-refractivity contribution in [2.24, 2.45) is 0 Å². The van der Waals surface area contributed by atoms with E-state index in [1.807, 2.05) is 37.3 Å². The van der Waals surface area contributed by atoms with E-state index in [4.69, 9.17) is 4.74 Å². The first-order chi connectivity index (χ1) is 14.2. The SMILES string of the molecule is CC#CC(=O)Nc1cc2c(N[C@H](CO)c3ccccc3)ncnc2cc1OCC. The van der Waals surface area contributed by atoms with Crippen molar-refractivity contribution in [3.8, 4) is 17.6 Å². The lowest BCUT2D eigenvalue weighted by Gasteiger charge is -2.19. The molecule has 3 N–H and O–H groups in total. The highest BCUT2D eigenvalue weighted by Crippen LogP contribution is 2.33. The third kappa shape index (κ3) is 4.81. The molecule has 1 heterocycles. The third-order valence-corrected chi connectivity index (χ3v) is 4.22. The molecule has 7 heteroatoms. The topological polar surface area (TPSA) is 96.4 Å². The maximum Gasteiger partial charge on any atom is 0.300 e. The van der Waals surface area contributed by atoms with Crippen LogP contribution >= 0.6 is 0 Å². The molecule has 29 heavy (non-hydrogen) atoms. The molecule has 0 aliphatic heterocycles. The summed E-state index contributed by atoms with van der Waals surface area (Å²) >= 11 is 0. The van der Waals surface area contributed by atoms with Crippen molar-refractivity contribution in [2.75, 3.05) is 23.8 Å². The fraction of sp³-hybridized carbons (Fsp3) is 0.227. The minimum atomic E-state index is -0.434. The average Bonchev–Trinajstić information content (AvgIpc) is 2.73. The van der Waals surface area contributed by atoms with Crippen LogP contribution in [0.15, 0.2) is 48.8 Å². The van der Waals surface area contributed by atoms with Gasteiger partial charge < -0.3 is 20.5 Å². The maximum absolute atomic E-state index is 12.0. The molecule has 0 unspecified atom stereocenters. The molecular formula is C22H22N4O3. The van der Waals surface area contributed by atoms with Gasteiger partial charge in [0.1, 0.15) is 17.9 Å². The highest BCUT2D eigenvalue weighted by atomic mass is 16.5. The Morgan fingerprint density at radius 3 is 2.72 bits per heavy atom. The first-order valence-electron chi connectivity index (χ1n) is 9.23. The zero-order chi connectivity index (χ0) is 20.6. The van der Waals surface area contributed by atoms with E-state index in [1.54, 1.807) is 19.1 Å². The molecular weight excluding hydrogens is 368 g/mol. The number of aromatic nitrogens is 2. The van der Waals surface area contributed by atoms with Crippen LogP contribution in [-0.2, 0) is 4.79 Å². The second-order valence-electron chi connectivity index (χ2n) is 6.14. The van der Waals surface area contributed by atoms with Crippen LogP contribution in [0, 0.1) is 11.8 Å². The summed E-state index contributed by atoms with van der Waals surface area (Å²) in [6.07, 6.45) is 1.45. The first-order valence-corrected chi connectivity index (χ1v) is 9.23. The predicted molar refractivity (Wildman–Crippen MR) is 113 cm³/mol. The largest absolute Gasteiger partial charge is 0.492 e. The number of hydrogen-bond donors (Lipinski definition) is 3. The van der Waals surface area contributed by atoms with Crippen molar-refractivity contribution < 1.29 is 14.6 Å². The van der Waals surface area contributed by atoms with Crippen molar-refractivity contribution in [1.82, 2.24) is 9.97 Å². The molecule has 0 aliphatic rings. The van der Waals surface area contributed by atoms with Crippen molar-refractivity contribution >= 4 is 28.3 Å². The van der Waals surface area contributed by atoms with E-state index in [0.29, 0.717) is 34.8 Å². The number of rotatable bonds is 7. The number of aliphatic hydroxyl groups excluding tert-OH is 1. The van der Waals surface area contributed by atoms with Crippen molar-refractivity contribution in [3.63, 3.8) is 0 Å². The number of ether oxygens (including phenoxy) is 1. The molecule has 0 aliphatic carbocycles. The highest BCUT2D eigenvalue weighted by Gasteiger charge is 2.16. The van der Waals surface area contributed by atoms with Crippen LogP contribution in [0.25, 0.3) is 10.9 Å². The Bertz CT molecular complexity index is 1060. The van der Waals surface area contributed by atoms with E-state index >= 15 is 0 Å². The molecule has 0 saturated carbocycles. The van der Waals surface area contributed by atoms with E-state index in [0.717, 1.165) is 5.56 Å². The van der Waals surface area contributed by atoms with Gasteiger partial charge in [-0.25, -0.2) is 9.97 Å². The number of benzene rings is 2. The number of anilines is 2. The van der Waals surface area contributed by atoms with Crippen LogP contribution in [0.4, 0.5) is 11.5 Å². The molecule has 1 atom stereocenters. The Morgan fingerprint density at radius 1 is 1.24 bits per heavy atom. The van der Waals surface area contributed by atoms with Gasteiger partial charge in [-0.15, -0.1) is 0 Å². The van der Waals surface area contributed by atoms with E-state index < -0.39 is 5.91 Å². The Labute approximate surface area is 169 Å². The number of aliphatic hydroxyl groups is 1. The zero-order valence-electron chi connectivity index (χ0n) is 16.3. The number of nitrogens with zero attached hydrogens (tertiary/aromatic N) is 2. The molecule has 0 radical (unpaired) electrons. The monoisotopic (exact) mass is 390 g/mol. The fourth-order valence-corrected chi connectivity index (χ4v) is 2.92. The molecule has 1 amide bonds. The predicted octanol–water partition coefficient (Wildman–Crippen LogP) is 3.14. The summed E-state index contributed by atoms with van der Waals surface area (Å²) in [4.78, 5) is 20.6. The second kappa shape index (κ2) is 9.53. The van der Waals surface area contributed by atoms with Gasteiger partial charge in [-0.05, 0) is 31.4 Å². The smallest absolute Gasteiger partial charge is 0.300 e. The summed E-state index contributed by atoms with van der Waals surface area (Å²) in [5.41, 5.74) is 2.06. The molecule has 3 aromatic rings. The maximum atomic E-state index is 12.0. The van der Waals surface area contributed by atoms with Gasteiger partial charge in [0.2, 0.25) is 0 Å². The summed E-state index contributed by atoms with van der Waals surface area (Å²) in [6.45, 7) is 3.78.